The van der Waals surface area contributed by atoms with Gasteiger partial charge in [0, 0.05) is 18.1 Å². The number of hydrogen-bond acceptors (Lipinski definition) is 5. The summed E-state index contributed by atoms with van der Waals surface area (Å²) in [5.74, 6) is -0.859. The second kappa shape index (κ2) is 5.86. The molecule has 5 nitrogen and oxygen atoms in total. The average molecular weight is 319 g/mol. The van der Waals surface area contributed by atoms with Crippen LogP contribution in [0.4, 0.5) is 18.9 Å². The molecule has 9 heteroatoms. The summed E-state index contributed by atoms with van der Waals surface area (Å²) in [7, 11) is 0. The summed E-state index contributed by atoms with van der Waals surface area (Å²) in [6.45, 7) is -2.42. The summed E-state index contributed by atoms with van der Waals surface area (Å²) in [5, 5.41) is 9.37. The monoisotopic (exact) mass is 319 g/mol. The Kier molecular flexibility index (Phi) is 4.33. The van der Waals surface area contributed by atoms with E-state index in [-0.39, 0.29) is 10.6 Å². The number of aromatic nitrogens is 1. The first-order valence-electron chi connectivity index (χ1n) is 5.93. The van der Waals surface area contributed by atoms with E-state index in [1.807, 2.05) is 0 Å². The fraction of sp³-hybridized carbons (Fsp3) is 0.333. The number of aliphatic hydroxyl groups excluding tert-OH is 1. The van der Waals surface area contributed by atoms with Crippen LogP contribution < -0.4 is 5.73 Å². The molecule has 2 heterocycles. The number of nitrogens with two attached hydrogens (primary N) is 1. The zero-order valence-corrected chi connectivity index (χ0v) is 11.5. The number of thiophene rings is 1. The molecule has 0 aliphatic rings. The third-order valence-corrected chi connectivity index (χ3v) is 3.84. The third kappa shape index (κ3) is 3.42. The maximum absolute atomic E-state index is 12.5. The fourth-order valence-corrected chi connectivity index (χ4v) is 2.87. The number of anilines is 1. The molecule has 2 aromatic heterocycles. The zero-order chi connectivity index (χ0) is 15.6. The van der Waals surface area contributed by atoms with Crippen molar-refractivity contribution in [3.05, 3.63) is 23.2 Å². The lowest BCUT2D eigenvalue weighted by Crippen LogP contribution is -2.40. The summed E-state index contributed by atoms with van der Waals surface area (Å²) >= 11 is 0.936. The number of nitrogen functional groups attached to an aromatic ring is 1. The molecule has 2 rings (SSSR count). The van der Waals surface area contributed by atoms with Gasteiger partial charge < -0.3 is 15.7 Å². The van der Waals surface area contributed by atoms with Gasteiger partial charge in [0.2, 0.25) is 0 Å². The van der Waals surface area contributed by atoms with Crippen LogP contribution in [0.5, 0.6) is 0 Å². The van der Waals surface area contributed by atoms with Gasteiger partial charge in [-0.15, -0.1) is 11.3 Å². The van der Waals surface area contributed by atoms with Gasteiger partial charge >= 0.3 is 6.18 Å². The van der Waals surface area contributed by atoms with E-state index in [0.717, 1.165) is 11.3 Å². The standard InChI is InChI=1S/C12H12F3N3O2S/c13-12(14,15)6-18(4-5-19)11(20)9-8(16)7-2-1-3-17-10(7)21-9/h1-3,19H,4-6,16H2. The highest BCUT2D eigenvalue weighted by atomic mass is 32.1. The highest BCUT2D eigenvalue weighted by Gasteiger charge is 2.34. The molecule has 0 fully saturated rings. The number of hydrogen-bond donors (Lipinski definition) is 2. The van der Waals surface area contributed by atoms with Crippen molar-refractivity contribution in [3.8, 4) is 0 Å². The van der Waals surface area contributed by atoms with Crippen LogP contribution in [0.15, 0.2) is 18.3 Å². The van der Waals surface area contributed by atoms with Gasteiger partial charge in [0.1, 0.15) is 16.3 Å². The van der Waals surface area contributed by atoms with E-state index >= 15 is 0 Å². The number of amides is 1. The molecule has 0 radical (unpaired) electrons. The van der Waals surface area contributed by atoms with E-state index in [4.69, 9.17) is 10.8 Å². The van der Waals surface area contributed by atoms with Crippen molar-refractivity contribution in [3.63, 3.8) is 0 Å². The third-order valence-electron chi connectivity index (χ3n) is 2.73. The van der Waals surface area contributed by atoms with Crippen molar-refractivity contribution in [2.24, 2.45) is 0 Å². The van der Waals surface area contributed by atoms with Crippen LogP contribution in [0, 0.1) is 0 Å². The van der Waals surface area contributed by atoms with Gasteiger partial charge in [-0.3, -0.25) is 4.79 Å². The molecule has 0 atom stereocenters. The number of carbonyl (C=O) groups is 1. The van der Waals surface area contributed by atoms with Crippen molar-refractivity contribution >= 4 is 33.1 Å². The number of aliphatic hydroxyl groups is 1. The van der Waals surface area contributed by atoms with Crippen LogP contribution in [0.25, 0.3) is 10.2 Å². The molecule has 0 unspecified atom stereocenters. The number of alkyl halides is 3. The van der Waals surface area contributed by atoms with Crippen LogP contribution in [-0.4, -0.2) is 46.8 Å². The van der Waals surface area contributed by atoms with Crippen LogP contribution in [0.2, 0.25) is 0 Å². The minimum absolute atomic E-state index is 0.00130. The lowest BCUT2D eigenvalue weighted by molar-refractivity contribution is -0.141. The number of halogens is 3. The normalized spacial score (nSPS) is 11.8. The highest BCUT2D eigenvalue weighted by Crippen LogP contribution is 2.33. The van der Waals surface area contributed by atoms with Crippen molar-refractivity contribution < 1.29 is 23.1 Å². The molecule has 0 saturated carbocycles. The van der Waals surface area contributed by atoms with Gasteiger partial charge in [0.15, 0.2) is 0 Å². The molecule has 1 amide bonds. The van der Waals surface area contributed by atoms with Gasteiger partial charge in [-0.2, -0.15) is 13.2 Å². The Hall–Kier alpha value is -1.87. The minimum Gasteiger partial charge on any atom is -0.397 e. The number of rotatable bonds is 4. The maximum atomic E-state index is 12.5. The Morgan fingerprint density at radius 1 is 1.48 bits per heavy atom. The summed E-state index contributed by atoms with van der Waals surface area (Å²) in [4.78, 5) is 17.3. The molecule has 114 valence electrons. The smallest absolute Gasteiger partial charge is 0.397 e. The van der Waals surface area contributed by atoms with Gasteiger partial charge in [0.25, 0.3) is 5.91 Å². The van der Waals surface area contributed by atoms with Gasteiger partial charge in [-0.1, -0.05) is 0 Å². The number of pyridine rings is 1. The second-order valence-corrected chi connectivity index (χ2v) is 5.27. The molecule has 0 aliphatic carbocycles. The Morgan fingerprint density at radius 3 is 2.76 bits per heavy atom. The van der Waals surface area contributed by atoms with E-state index in [1.54, 1.807) is 12.1 Å². The topological polar surface area (TPSA) is 79.5 Å². The molecule has 2 aromatic rings. The summed E-state index contributed by atoms with van der Waals surface area (Å²) in [6, 6.07) is 3.27. The Labute approximate surface area is 121 Å². The lowest BCUT2D eigenvalue weighted by Gasteiger charge is -2.22. The first kappa shape index (κ1) is 15.5. The highest BCUT2D eigenvalue weighted by molar-refractivity contribution is 7.21. The molecule has 0 aliphatic heterocycles. The predicted octanol–water partition coefficient (Wildman–Crippen LogP) is 1.88. The van der Waals surface area contributed by atoms with Crippen LogP contribution in [-0.2, 0) is 0 Å². The molecule has 21 heavy (non-hydrogen) atoms. The zero-order valence-electron chi connectivity index (χ0n) is 10.7. The Balaban J connectivity index is 2.36. The van der Waals surface area contributed by atoms with Crippen LogP contribution in [0.3, 0.4) is 0 Å². The minimum atomic E-state index is -4.55. The summed E-state index contributed by atoms with van der Waals surface area (Å²) < 4.78 is 37.5. The van der Waals surface area contributed by atoms with E-state index in [9.17, 15) is 18.0 Å². The van der Waals surface area contributed by atoms with Crippen molar-refractivity contribution in [2.75, 3.05) is 25.4 Å². The van der Waals surface area contributed by atoms with Crippen molar-refractivity contribution in [1.29, 1.82) is 0 Å². The summed E-state index contributed by atoms with van der Waals surface area (Å²) in [6.07, 6.45) is -3.04. The first-order valence-corrected chi connectivity index (χ1v) is 6.75. The van der Waals surface area contributed by atoms with Crippen LogP contribution >= 0.6 is 11.3 Å². The van der Waals surface area contributed by atoms with E-state index < -0.39 is 31.8 Å². The first-order chi connectivity index (χ1) is 9.83. The van der Waals surface area contributed by atoms with Gasteiger partial charge in [-0.25, -0.2) is 4.98 Å². The van der Waals surface area contributed by atoms with E-state index in [2.05, 4.69) is 4.98 Å². The van der Waals surface area contributed by atoms with Gasteiger partial charge in [0.05, 0.1) is 12.3 Å². The number of fused-ring (bicyclic) bond motifs is 1. The predicted molar refractivity (Wildman–Crippen MR) is 73.1 cm³/mol. The molecule has 0 saturated heterocycles. The quantitative estimate of drug-likeness (QED) is 0.902. The fourth-order valence-electron chi connectivity index (χ4n) is 1.84. The van der Waals surface area contributed by atoms with Gasteiger partial charge in [-0.05, 0) is 12.1 Å². The molecule has 0 spiro atoms. The Morgan fingerprint density at radius 2 is 2.19 bits per heavy atom. The second-order valence-electron chi connectivity index (χ2n) is 4.27. The van der Waals surface area contributed by atoms with Crippen LogP contribution in [0.1, 0.15) is 9.67 Å². The maximum Gasteiger partial charge on any atom is 0.406 e. The van der Waals surface area contributed by atoms with Crippen molar-refractivity contribution in [2.45, 2.75) is 6.18 Å². The molecular weight excluding hydrogens is 307 g/mol. The SMILES string of the molecule is Nc1c(C(=O)N(CCO)CC(F)(F)F)sc2ncccc12. The van der Waals surface area contributed by atoms with E-state index in [0.29, 0.717) is 15.1 Å². The lowest BCUT2D eigenvalue weighted by atomic mass is 10.2. The number of nitrogens with zero attached hydrogens (tertiary/aromatic N) is 2. The largest absolute Gasteiger partial charge is 0.406 e. The summed E-state index contributed by atoms with van der Waals surface area (Å²) in [5.41, 5.74) is 5.93. The molecule has 3 N–H and O–H groups in total. The molecular formula is C12H12F3N3O2S. The average Bonchev–Trinajstić information content (AvgIpc) is 2.74. The molecule has 0 bridgehead atoms. The molecule has 0 aromatic carbocycles. The Bertz CT molecular complexity index is 657. The van der Waals surface area contributed by atoms with E-state index in [1.165, 1.54) is 6.20 Å². The van der Waals surface area contributed by atoms with Crippen molar-refractivity contribution in [1.82, 2.24) is 9.88 Å². The number of carbonyl (C=O) groups excluding carboxylic acids is 1.